The lowest BCUT2D eigenvalue weighted by atomic mass is 10.1. The number of rotatable bonds is 1. The first-order valence-corrected chi connectivity index (χ1v) is 5.56. The third-order valence-corrected chi connectivity index (χ3v) is 3.23. The van der Waals surface area contributed by atoms with Crippen LogP contribution in [0.4, 0.5) is 0 Å². The highest BCUT2D eigenvalue weighted by Gasteiger charge is 2.19. The van der Waals surface area contributed by atoms with Crippen molar-refractivity contribution in [2.45, 2.75) is 12.3 Å². The Morgan fingerprint density at radius 2 is 2.47 bits per heavy atom. The van der Waals surface area contributed by atoms with Gasteiger partial charge in [-0.2, -0.15) is 0 Å². The summed E-state index contributed by atoms with van der Waals surface area (Å²) in [5, 5.41) is 4.06. The van der Waals surface area contributed by atoms with Crippen LogP contribution < -0.4 is 5.32 Å². The van der Waals surface area contributed by atoms with E-state index in [1.807, 2.05) is 22.7 Å². The van der Waals surface area contributed by atoms with E-state index in [9.17, 15) is 0 Å². The monoisotopic (exact) mass is 221 g/mol. The van der Waals surface area contributed by atoms with E-state index in [0.29, 0.717) is 5.92 Å². The summed E-state index contributed by atoms with van der Waals surface area (Å²) in [6.07, 6.45) is 5.24. The molecule has 0 aromatic carbocycles. The van der Waals surface area contributed by atoms with Crippen LogP contribution in [0, 0.1) is 0 Å². The molecule has 1 aliphatic heterocycles. The zero-order chi connectivity index (χ0) is 10.3. The number of nitrogens with one attached hydrogen (secondary N) is 1. The van der Waals surface area contributed by atoms with Crippen LogP contribution in [0.25, 0.3) is 5.65 Å². The Morgan fingerprint density at radius 1 is 1.53 bits per heavy atom. The Morgan fingerprint density at radius 3 is 3.20 bits per heavy atom. The van der Waals surface area contributed by atoms with Crippen LogP contribution >= 0.6 is 11.6 Å². The molecule has 0 radical (unpaired) electrons. The third-order valence-electron chi connectivity index (χ3n) is 2.93. The number of fused-ring (bicyclic) bond motifs is 1. The molecule has 1 unspecified atom stereocenters. The van der Waals surface area contributed by atoms with Crippen molar-refractivity contribution in [1.82, 2.24) is 14.7 Å². The number of hydrogen-bond acceptors (Lipinski definition) is 2. The lowest BCUT2D eigenvalue weighted by Gasteiger charge is -2.01. The molecule has 0 spiro atoms. The lowest BCUT2D eigenvalue weighted by Crippen LogP contribution is -2.07. The van der Waals surface area contributed by atoms with E-state index in [2.05, 4.69) is 16.5 Å². The Bertz CT molecular complexity index is 486. The van der Waals surface area contributed by atoms with E-state index >= 15 is 0 Å². The van der Waals surface area contributed by atoms with Gasteiger partial charge in [0.2, 0.25) is 0 Å². The van der Waals surface area contributed by atoms with E-state index in [0.717, 1.165) is 29.5 Å². The van der Waals surface area contributed by atoms with Crippen molar-refractivity contribution >= 4 is 17.2 Å². The third kappa shape index (κ3) is 1.52. The van der Waals surface area contributed by atoms with Gasteiger partial charge in [-0.15, -0.1) is 0 Å². The molecule has 3 heterocycles. The maximum Gasteiger partial charge on any atom is 0.155 e. The van der Waals surface area contributed by atoms with E-state index in [1.54, 1.807) is 0 Å². The van der Waals surface area contributed by atoms with Gasteiger partial charge < -0.3 is 9.72 Å². The van der Waals surface area contributed by atoms with Crippen LogP contribution in [-0.4, -0.2) is 22.5 Å². The van der Waals surface area contributed by atoms with Crippen molar-refractivity contribution in [1.29, 1.82) is 0 Å². The van der Waals surface area contributed by atoms with Crippen LogP contribution in [0.5, 0.6) is 0 Å². The first-order valence-electron chi connectivity index (χ1n) is 5.18. The number of nitrogens with zero attached hydrogens (tertiary/aromatic N) is 2. The summed E-state index contributed by atoms with van der Waals surface area (Å²) < 4.78 is 2.00. The van der Waals surface area contributed by atoms with Crippen LogP contribution in [-0.2, 0) is 0 Å². The van der Waals surface area contributed by atoms with E-state index in [4.69, 9.17) is 11.6 Å². The zero-order valence-corrected chi connectivity index (χ0v) is 9.04. The normalized spacial score (nSPS) is 21.3. The van der Waals surface area contributed by atoms with Crippen LogP contribution in [0.15, 0.2) is 24.5 Å². The molecule has 1 aliphatic rings. The van der Waals surface area contributed by atoms with Gasteiger partial charge in [0.1, 0.15) is 0 Å². The summed E-state index contributed by atoms with van der Waals surface area (Å²) in [6, 6.07) is 3.81. The predicted octanol–water partition coefficient (Wildman–Crippen LogP) is 2.06. The van der Waals surface area contributed by atoms with E-state index < -0.39 is 0 Å². The molecule has 0 aliphatic carbocycles. The minimum atomic E-state index is 0.543. The Kier molecular flexibility index (Phi) is 2.15. The molecule has 0 bridgehead atoms. The van der Waals surface area contributed by atoms with Gasteiger partial charge in [-0.25, -0.2) is 4.98 Å². The fraction of sp³-hybridized carbons (Fsp3) is 0.364. The largest absolute Gasteiger partial charge is 0.316 e. The maximum absolute atomic E-state index is 6.08. The van der Waals surface area contributed by atoms with Crippen LogP contribution in [0.3, 0.4) is 0 Å². The van der Waals surface area contributed by atoms with Crippen LogP contribution in [0.2, 0.25) is 5.02 Å². The minimum absolute atomic E-state index is 0.543. The van der Waals surface area contributed by atoms with E-state index in [-0.39, 0.29) is 0 Å². The molecule has 0 amide bonds. The average molecular weight is 222 g/mol. The number of hydrogen-bond donors (Lipinski definition) is 1. The minimum Gasteiger partial charge on any atom is -0.316 e. The molecule has 3 rings (SSSR count). The second-order valence-corrected chi connectivity index (χ2v) is 4.35. The Labute approximate surface area is 93.1 Å². The van der Waals surface area contributed by atoms with Gasteiger partial charge in [0.05, 0.1) is 10.7 Å². The fourth-order valence-electron chi connectivity index (χ4n) is 2.10. The topological polar surface area (TPSA) is 29.3 Å². The van der Waals surface area contributed by atoms with Gasteiger partial charge in [-0.3, -0.25) is 0 Å². The van der Waals surface area contributed by atoms with Gasteiger partial charge >= 0.3 is 0 Å². The fourth-order valence-corrected chi connectivity index (χ4v) is 2.31. The molecule has 4 heteroatoms. The highest BCUT2D eigenvalue weighted by Crippen LogP contribution is 2.24. The summed E-state index contributed by atoms with van der Waals surface area (Å²) >= 11 is 6.08. The van der Waals surface area contributed by atoms with Crippen molar-refractivity contribution in [2.75, 3.05) is 13.1 Å². The maximum atomic E-state index is 6.08. The van der Waals surface area contributed by atoms with Gasteiger partial charge in [0.25, 0.3) is 0 Å². The number of pyridine rings is 1. The highest BCUT2D eigenvalue weighted by atomic mass is 35.5. The standard InChI is InChI=1S/C11H12ClN3/c12-9-2-1-5-15-7-10(14-11(9)15)8-3-4-13-6-8/h1-2,5,7-8,13H,3-4,6H2. The van der Waals surface area contributed by atoms with Crippen molar-refractivity contribution in [3.05, 3.63) is 35.2 Å². The Balaban J connectivity index is 2.09. The molecule has 78 valence electrons. The average Bonchev–Trinajstić information content (AvgIpc) is 2.86. The smallest absolute Gasteiger partial charge is 0.155 e. The lowest BCUT2D eigenvalue weighted by molar-refractivity contribution is 0.742. The SMILES string of the molecule is Clc1cccn2cc(C3CCNC3)nc12. The van der Waals surface area contributed by atoms with Crippen molar-refractivity contribution < 1.29 is 0 Å². The predicted molar refractivity (Wildman–Crippen MR) is 60.4 cm³/mol. The summed E-state index contributed by atoms with van der Waals surface area (Å²) in [5.74, 6) is 0.543. The van der Waals surface area contributed by atoms with Gasteiger partial charge in [-0.1, -0.05) is 11.6 Å². The highest BCUT2D eigenvalue weighted by molar-refractivity contribution is 6.33. The number of halogens is 1. The first-order chi connectivity index (χ1) is 7.34. The van der Waals surface area contributed by atoms with Crippen molar-refractivity contribution in [3.8, 4) is 0 Å². The molecular formula is C11H12ClN3. The molecule has 2 aromatic heterocycles. The second-order valence-electron chi connectivity index (χ2n) is 3.94. The molecule has 1 N–H and O–H groups in total. The summed E-state index contributed by atoms with van der Waals surface area (Å²) in [5.41, 5.74) is 2.01. The molecule has 3 nitrogen and oxygen atoms in total. The molecular weight excluding hydrogens is 210 g/mol. The van der Waals surface area contributed by atoms with Crippen LogP contribution in [0.1, 0.15) is 18.0 Å². The molecule has 1 saturated heterocycles. The Hall–Kier alpha value is -1.06. The van der Waals surface area contributed by atoms with Crippen molar-refractivity contribution in [3.63, 3.8) is 0 Å². The van der Waals surface area contributed by atoms with Gasteiger partial charge in [-0.05, 0) is 25.1 Å². The quantitative estimate of drug-likeness (QED) is 0.799. The summed E-state index contributed by atoms with van der Waals surface area (Å²) in [4.78, 5) is 4.59. The van der Waals surface area contributed by atoms with E-state index in [1.165, 1.54) is 6.42 Å². The number of imidazole rings is 1. The zero-order valence-electron chi connectivity index (χ0n) is 8.28. The second kappa shape index (κ2) is 3.51. The molecule has 1 fully saturated rings. The molecule has 1 atom stereocenters. The molecule has 2 aromatic rings. The number of aromatic nitrogens is 2. The summed E-state index contributed by atoms with van der Waals surface area (Å²) in [6.45, 7) is 2.12. The first kappa shape index (κ1) is 9.19. The molecule has 0 saturated carbocycles. The molecule has 15 heavy (non-hydrogen) atoms. The van der Waals surface area contributed by atoms with Crippen molar-refractivity contribution in [2.24, 2.45) is 0 Å². The van der Waals surface area contributed by atoms with Gasteiger partial charge in [0, 0.05) is 24.9 Å². The summed E-state index contributed by atoms with van der Waals surface area (Å²) in [7, 11) is 0. The van der Waals surface area contributed by atoms with Gasteiger partial charge in [0.15, 0.2) is 5.65 Å².